The first-order chi connectivity index (χ1) is 14.5. The van der Waals surface area contributed by atoms with Crippen molar-refractivity contribution in [3.05, 3.63) is 77.5 Å². The molecule has 2 aromatic carbocycles. The Morgan fingerprint density at radius 3 is 2.87 bits per heavy atom. The van der Waals surface area contributed by atoms with E-state index < -0.39 is 5.60 Å². The molecule has 156 valence electrons. The molecule has 0 amide bonds. The lowest BCUT2D eigenvalue weighted by Gasteiger charge is -2.56. The number of aromatic nitrogens is 1. The van der Waals surface area contributed by atoms with E-state index in [-0.39, 0.29) is 5.41 Å². The molecule has 1 saturated heterocycles. The van der Waals surface area contributed by atoms with Crippen molar-refractivity contribution in [2.24, 2.45) is 0 Å². The number of para-hydroxylation sites is 1. The molecule has 0 bridgehead atoms. The van der Waals surface area contributed by atoms with Crippen LogP contribution in [0.4, 0.5) is 0 Å². The van der Waals surface area contributed by atoms with E-state index >= 15 is 0 Å². The first kappa shape index (κ1) is 19.4. The summed E-state index contributed by atoms with van der Waals surface area (Å²) in [5.41, 5.74) is 4.96. The van der Waals surface area contributed by atoms with E-state index in [2.05, 4.69) is 53.7 Å². The van der Waals surface area contributed by atoms with Gasteiger partial charge in [-0.05, 0) is 48.7 Å². The summed E-state index contributed by atoms with van der Waals surface area (Å²) >= 11 is 0. The van der Waals surface area contributed by atoms with E-state index in [1.807, 2.05) is 18.2 Å². The van der Waals surface area contributed by atoms with Crippen molar-refractivity contribution < 1.29 is 9.84 Å². The number of methoxy groups -OCH3 is 1. The van der Waals surface area contributed by atoms with Crippen molar-refractivity contribution in [1.82, 2.24) is 9.88 Å². The summed E-state index contributed by atoms with van der Waals surface area (Å²) in [6, 6.07) is 14.8. The van der Waals surface area contributed by atoms with Crippen molar-refractivity contribution >= 4 is 10.9 Å². The van der Waals surface area contributed by atoms with Crippen LogP contribution in [0.3, 0.4) is 0 Å². The van der Waals surface area contributed by atoms with Crippen LogP contribution < -0.4 is 4.74 Å². The van der Waals surface area contributed by atoms with Gasteiger partial charge in [0, 0.05) is 47.9 Å². The zero-order chi connectivity index (χ0) is 20.9. The summed E-state index contributed by atoms with van der Waals surface area (Å²) in [4.78, 5) is 6.05. The minimum Gasteiger partial charge on any atom is -0.497 e. The predicted molar refractivity (Wildman–Crippen MR) is 121 cm³/mol. The van der Waals surface area contributed by atoms with E-state index in [4.69, 9.17) is 4.74 Å². The summed E-state index contributed by atoms with van der Waals surface area (Å²) in [6.07, 6.45) is 4.29. The smallest absolute Gasteiger partial charge is 0.119 e. The average Bonchev–Trinajstić information content (AvgIpc) is 3.10. The van der Waals surface area contributed by atoms with Gasteiger partial charge in [0.15, 0.2) is 0 Å². The van der Waals surface area contributed by atoms with Crippen LogP contribution in [-0.2, 0) is 18.3 Å². The normalized spacial score (nSPS) is 26.2. The molecule has 2 N–H and O–H groups in total. The van der Waals surface area contributed by atoms with E-state index in [1.165, 1.54) is 33.3 Å². The Morgan fingerprint density at radius 1 is 1.23 bits per heavy atom. The number of aryl methyl sites for hydroxylation is 1. The number of nitrogens with one attached hydrogen (secondary N) is 1. The lowest BCUT2D eigenvalue weighted by atomic mass is 9.56. The molecular formula is C26H30N2O2. The van der Waals surface area contributed by atoms with Gasteiger partial charge in [0.05, 0.1) is 12.7 Å². The molecule has 0 saturated carbocycles. The largest absolute Gasteiger partial charge is 0.497 e. The molecule has 30 heavy (non-hydrogen) atoms. The fourth-order valence-electron chi connectivity index (χ4n) is 5.86. The number of aliphatic hydroxyl groups is 1. The van der Waals surface area contributed by atoms with Crippen LogP contribution in [0, 0.1) is 6.92 Å². The highest BCUT2D eigenvalue weighted by molar-refractivity contribution is 5.88. The van der Waals surface area contributed by atoms with Gasteiger partial charge in [-0.15, -0.1) is 6.58 Å². The monoisotopic (exact) mass is 402 g/mol. The third-order valence-corrected chi connectivity index (χ3v) is 7.43. The number of benzene rings is 2. The third-order valence-electron chi connectivity index (χ3n) is 7.43. The van der Waals surface area contributed by atoms with Crippen molar-refractivity contribution in [1.29, 1.82) is 0 Å². The Hall–Kier alpha value is -2.56. The van der Waals surface area contributed by atoms with Gasteiger partial charge in [-0.1, -0.05) is 36.4 Å². The third kappa shape index (κ3) is 2.74. The van der Waals surface area contributed by atoms with Crippen molar-refractivity contribution in [2.75, 3.05) is 26.7 Å². The van der Waals surface area contributed by atoms with Crippen LogP contribution in [0.15, 0.2) is 55.1 Å². The fourth-order valence-corrected chi connectivity index (χ4v) is 5.86. The summed E-state index contributed by atoms with van der Waals surface area (Å²) < 4.78 is 5.53. The molecule has 5 rings (SSSR count). The van der Waals surface area contributed by atoms with E-state index in [0.717, 1.165) is 31.7 Å². The van der Waals surface area contributed by atoms with E-state index in [9.17, 15) is 5.11 Å². The maximum Gasteiger partial charge on any atom is 0.119 e. The van der Waals surface area contributed by atoms with Gasteiger partial charge in [0.2, 0.25) is 0 Å². The van der Waals surface area contributed by atoms with Crippen LogP contribution in [0.2, 0.25) is 0 Å². The Balaban J connectivity index is 1.70. The van der Waals surface area contributed by atoms with Gasteiger partial charge in [-0.3, -0.25) is 4.90 Å². The van der Waals surface area contributed by atoms with Crippen molar-refractivity contribution in [2.45, 2.75) is 37.2 Å². The minimum atomic E-state index is -0.855. The summed E-state index contributed by atoms with van der Waals surface area (Å²) in [7, 11) is 1.70. The van der Waals surface area contributed by atoms with Crippen LogP contribution in [-0.4, -0.2) is 47.3 Å². The lowest BCUT2D eigenvalue weighted by molar-refractivity contribution is -0.100. The molecule has 2 atom stereocenters. The Kier molecular flexibility index (Phi) is 4.53. The van der Waals surface area contributed by atoms with Crippen LogP contribution in [0.1, 0.15) is 28.8 Å². The van der Waals surface area contributed by atoms with Crippen LogP contribution in [0.25, 0.3) is 10.9 Å². The quantitative estimate of drug-likeness (QED) is 0.645. The molecule has 1 aliphatic heterocycles. The Morgan fingerprint density at radius 2 is 2.07 bits per heavy atom. The Labute approximate surface area is 178 Å². The molecule has 0 unspecified atom stereocenters. The van der Waals surface area contributed by atoms with E-state index in [0.29, 0.717) is 13.0 Å². The first-order valence-electron chi connectivity index (χ1n) is 10.8. The number of rotatable bonds is 4. The molecule has 0 spiro atoms. The zero-order valence-corrected chi connectivity index (χ0v) is 17.9. The van der Waals surface area contributed by atoms with Crippen molar-refractivity contribution in [3.8, 4) is 5.75 Å². The lowest BCUT2D eigenvalue weighted by Crippen LogP contribution is -2.66. The molecule has 0 radical (unpaired) electrons. The number of H-pyrrole nitrogens is 1. The highest BCUT2D eigenvalue weighted by Crippen LogP contribution is 2.52. The molecule has 1 aliphatic carbocycles. The minimum absolute atomic E-state index is 0.346. The van der Waals surface area contributed by atoms with Gasteiger partial charge < -0.3 is 14.8 Å². The number of β-amino-alcohol motifs (C(OH)–C–C–N with tert-alkyl or cyclic N) is 1. The van der Waals surface area contributed by atoms with Gasteiger partial charge in [0.25, 0.3) is 0 Å². The zero-order valence-electron chi connectivity index (χ0n) is 17.9. The molecular weight excluding hydrogens is 372 g/mol. The fraction of sp³-hybridized carbons (Fsp3) is 0.385. The highest BCUT2D eigenvalue weighted by atomic mass is 16.5. The number of hydrogen-bond donors (Lipinski definition) is 2. The summed E-state index contributed by atoms with van der Waals surface area (Å²) in [6.45, 7) is 8.46. The number of nitrogens with zero attached hydrogens (tertiary/aromatic N) is 1. The second kappa shape index (κ2) is 7.00. The second-order valence-corrected chi connectivity index (χ2v) is 9.05. The molecule has 4 nitrogen and oxygen atoms in total. The average molecular weight is 403 g/mol. The SMILES string of the molecule is C=CCN1CC[C@@]2(c3cccc(OC)c3)Cc3[nH]c4c(C)cccc4c3C[C@]2(O)C1. The summed E-state index contributed by atoms with van der Waals surface area (Å²) in [5, 5.41) is 13.6. The molecule has 1 fully saturated rings. The number of aromatic amines is 1. The summed E-state index contributed by atoms with van der Waals surface area (Å²) in [5.74, 6) is 0.844. The van der Waals surface area contributed by atoms with Gasteiger partial charge in [-0.2, -0.15) is 0 Å². The number of hydrogen-bond acceptors (Lipinski definition) is 3. The number of fused-ring (bicyclic) bond motifs is 4. The molecule has 4 heteroatoms. The number of likely N-dealkylation sites (tertiary alicyclic amines) is 1. The highest BCUT2D eigenvalue weighted by Gasteiger charge is 2.57. The van der Waals surface area contributed by atoms with Gasteiger partial charge >= 0.3 is 0 Å². The van der Waals surface area contributed by atoms with Gasteiger partial charge in [-0.25, -0.2) is 0 Å². The maximum atomic E-state index is 12.3. The van der Waals surface area contributed by atoms with Gasteiger partial charge in [0.1, 0.15) is 5.75 Å². The number of ether oxygens (including phenoxy) is 1. The Bertz CT molecular complexity index is 1120. The number of piperidine rings is 1. The molecule has 2 heterocycles. The predicted octanol–water partition coefficient (Wildman–Crippen LogP) is 4.14. The van der Waals surface area contributed by atoms with Crippen molar-refractivity contribution in [3.63, 3.8) is 0 Å². The van der Waals surface area contributed by atoms with Crippen LogP contribution in [0.5, 0.6) is 5.75 Å². The standard InChI is InChI=1S/C26H30N2O2/c1-4-12-28-13-11-25(19-8-6-9-20(14-19)30-3)16-23-22(15-26(25,29)17-28)21-10-5-7-18(2)24(21)27-23/h4-10,14,27,29H,1,11-13,15-17H2,2-3H3/t25-,26-/m0/s1. The maximum absolute atomic E-state index is 12.3. The van der Waals surface area contributed by atoms with Crippen LogP contribution >= 0.6 is 0 Å². The topological polar surface area (TPSA) is 48.5 Å². The van der Waals surface area contributed by atoms with E-state index in [1.54, 1.807) is 7.11 Å². The second-order valence-electron chi connectivity index (χ2n) is 9.05. The first-order valence-corrected chi connectivity index (χ1v) is 10.8. The molecule has 2 aliphatic rings. The molecule has 3 aromatic rings. The molecule has 1 aromatic heterocycles.